The highest BCUT2D eigenvalue weighted by Crippen LogP contribution is 2.35. The Hall–Kier alpha value is -0.480. The maximum atomic E-state index is 12.4. The molecule has 108 valence electrons. The van der Waals surface area contributed by atoms with Gasteiger partial charge >= 0.3 is 0 Å². The minimum absolute atomic E-state index is 0.0904. The number of fused-ring (bicyclic) bond motifs is 1. The van der Waals surface area contributed by atoms with E-state index in [1.54, 1.807) is 4.68 Å². The summed E-state index contributed by atoms with van der Waals surface area (Å²) in [7, 11) is -3.67. The molecule has 1 N–H and O–H groups in total. The van der Waals surface area contributed by atoms with Gasteiger partial charge in [0.1, 0.15) is 21.4 Å². The Bertz CT molecular complexity index is 742. The van der Waals surface area contributed by atoms with E-state index in [1.807, 2.05) is 0 Å². The summed E-state index contributed by atoms with van der Waals surface area (Å²) in [5.41, 5.74) is 0. The molecule has 2 aromatic rings. The standard InChI is InChI=1S/C10H10BrClN4O2S2/c11-8-4-7(9(12)19-8)20(17,18)15-6-2-1-3-16-10(6)13-5-14-16/h4-6,15H,1-3H2/t6-/m0/s1. The third-order valence-corrected chi connectivity index (χ3v) is 6.63. The van der Waals surface area contributed by atoms with Crippen LogP contribution in [0.4, 0.5) is 0 Å². The Morgan fingerprint density at radius 2 is 2.35 bits per heavy atom. The number of aromatic nitrogens is 3. The molecule has 0 amide bonds. The molecule has 0 aliphatic carbocycles. The van der Waals surface area contributed by atoms with Crippen molar-refractivity contribution in [1.82, 2.24) is 19.5 Å². The van der Waals surface area contributed by atoms with E-state index < -0.39 is 10.0 Å². The second-order valence-electron chi connectivity index (χ2n) is 4.35. The molecule has 0 radical (unpaired) electrons. The van der Waals surface area contributed by atoms with Crippen molar-refractivity contribution in [1.29, 1.82) is 0 Å². The van der Waals surface area contributed by atoms with Crippen LogP contribution in [-0.4, -0.2) is 23.2 Å². The summed E-state index contributed by atoms with van der Waals surface area (Å²) in [6, 6.07) is 1.13. The fourth-order valence-corrected chi connectivity index (χ4v) is 6.16. The van der Waals surface area contributed by atoms with E-state index in [0.29, 0.717) is 16.0 Å². The summed E-state index contributed by atoms with van der Waals surface area (Å²) in [4.78, 5) is 4.22. The topological polar surface area (TPSA) is 76.9 Å². The predicted molar refractivity (Wildman–Crippen MR) is 79.3 cm³/mol. The van der Waals surface area contributed by atoms with Gasteiger partial charge in [-0.1, -0.05) is 11.6 Å². The molecule has 0 fully saturated rings. The van der Waals surface area contributed by atoms with Crippen molar-refractivity contribution in [2.75, 3.05) is 0 Å². The maximum Gasteiger partial charge on any atom is 0.243 e. The van der Waals surface area contributed by atoms with Crippen molar-refractivity contribution >= 4 is 48.9 Å². The minimum Gasteiger partial charge on any atom is -0.248 e. The van der Waals surface area contributed by atoms with Crippen molar-refractivity contribution in [3.8, 4) is 0 Å². The molecular formula is C10H10BrClN4O2S2. The molecule has 0 bridgehead atoms. The van der Waals surface area contributed by atoms with Crippen LogP contribution < -0.4 is 4.72 Å². The van der Waals surface area contributed by atoms with E-state index in [4.69, 9.17) is 11.6 Å². The van der Waals surface area contributed by atoms with E-state index >= 15 is 0 Å². The van der Waals surface area contributed by atoms with Gasteiger partial charge in [-0.15, -0.1) is 11.3 Å². The number of hydrogen-bond acceptors (Lipinski definition) is 5. The van der Waals surface area contributed by atoms with Crippen LogP contribution in [0.5, 0.6) is 0 Å². The van der Waals surface area contributed by atoms with Gasteiger partial charge in [0.05, 0.1) is 9.83 Å². The molecular weight excluding hydrogens is 388 g/mol. The van der Waals surface area contributed by atoms with Crippen molar-refractivity contribution in [3.05, 3.63) is 26.3 Å². The van der Waals surface area contributed by atoms with Crippen LogP contribution in [0.25, 0.3) is 0 Å². The summed E-state index contributed by atoms with van der Waals surface area (Å²) < 4.78 is 30.1. The van der Waals surface area contributed by atoms with Crippen molar-refractivity contribution in [2.24, 2.45) is 0 Å². The average molecular weight is 398 g/mol. The molecule has 1 aliphatic rings. The van der Waals surface area contributed by atoms with E-state index in [2.05, 4.69) is 30.7 Å². The predicted octanol–water partition coefficient (Wildman–Crippen LogP) is 2.57. The number of rotatable bonds is 3. The zero-order valence-corrected chi connectivity index (χ0v) is 14.1. The number of halogens is 2. The number of nitrogens with zero attached hydrogens (tertiary/aromatic N) is 3. The van der Waals surface area contributed by atoms with Gasteiger partial charge in [0.25, 0.3) is 0 Å². The molecule has 3 rings (SSSR count). The van der Waals surface area contributed by atoms with Crippen LogP contribution in [0, 0.1) is 0 Å². The fourth-order valence-electron chi connectivity index (χ4n) is 2.16. The number of sulfonamides is 1. The molecule has 6 nitrogen and oxygen atoms in total. The van der Waals surface area contributed by atoms with Crippen LogP contribution in [0.2, 0.25) is 4.34 Å². The van der Waals surface area contributed by atoms with Gasteiger partial charge in [-0.2, -0.15) is 5.10 Å². The lowest BCUT2D eigenvalue weighted by Gasteiger charge is -2.22. The van der Waals surface area contributed by atoms with Gasteiger partial charge in [0.2, 0.25) is 10.0 Å². The summed E-state index contributed by atoms with van der Waals surface area (Å²) in [5, 5.41) is 4.07. The Morgan fingerprint density at radius 3 is 3.05 bits per heavy atom. The number of hydrogen-bond donors (Lipinski definition) is 1. The lowest BCUT2D eigenvalue weighted by molar-refractivity contribution is 0.400. The summed E-state index contributed by atoms with van der Waals surface area (Å²) >= 11 is 10.4. The Labute approximate surface area is 133 Å². The third-order valence-electron chi connectivity index (χ3n) is 3.03. The fraction of sp³-hybridized carbons (Fsp3) is 0.400. The summed E-state index contributed by atoms with van der Waals surface area (Å²) in [6.07, 6.45) is 2.99. The van der Waals surface area contributed by atoms with Crippen LogP contribution in [0.1, 0.15) is 24.7 Å². The molecule has 1 aliphatic heterocycles. The average Bonchev–Trinajstić information content (AvgIpc) is 2.96. The highest BCUT2D eigenvalue weighted by molar-refractivity contribution is 9.11. The molecule has 1 atom stereocenters. The summed E-state index contributed by atoms with van der Waals surface area (Å²) in [5.74, 6) is 0.644. The maximum absolute atomic E-state index is 12.4. The van der Waals surface area contributed by atoms with Crippen LogP contribution in [-0.2, 0) is 16.6 Å². The largest absolute Gasteiger partial charge is 0.248 e. The summed E-state index contributed by atoms with van der Waals surface area (Å²) in [6.45, 7) is 0.762. The van der Waals surface area contributed by atoms with Crippen molar-refractivity contribution in [2.45, 2.75) is 30.3 Å². The highest BCUT2D eigenvalue weighted by atomic mass is 79.9. The number of nitrogens with one attached hydrogen (secondary N) is 1. The molecule has 0 unspecified atom stereocenters. The van der Waals surface area contributed by atoms with Gasteiger partial charge in [-0.25, -0.2) is 22.8 Å². The second kappa shape index (κ2) is 5.38. The second-order valence-corrected chi connectivity index (χ2v) is 9.06. The Kier molecular flexibility index (Phi) is 3.89. The van der Waals surface area contributed by atoms with Crippen LogP contribution >= 0.6 is 38.9 Å². The SMILES string of the molecule is O=S(=O)(N[C@H]1CCCn2ncnc21)c1cc(Br)sc1Cl. The zero-order chi connectivity index (χ0) is 14.3. The van der Waals surface area contributed by atoms with E-state index in [9.17, 15) is 8.42 Å². The van der Waals surface area contributed by atoms with Gasteiger partial charge in [0.15, 0.2) is 0 Å². The van der Waals surface area contributed by atoms with Crippen molar-refractivity contribution < 1.29 is 8.42 Å². The first-order valence-electron chi connectivity index (χ1n) is 5.82. The number of thiophene rings is 1. The third kappa shape index (κ3) is 2.64. The van der Waals surface area contributed by atoms with Crippen molar-refractivity contribution in [3.63, 3.8) is 0 Å². The van der Waals surface area contributed by atoms with Gasteiger partial charge in [0, 0.05) is 6.54 Å². The highest BCUT2D eigenvalue weighted by Gasteiger charge is 2.29. The minimum atomic E-state index is -3.67. The molecule has 0 saturated carbocycles. The lowest BCUT2D eigenvalue weighted by Crippen LogP contribution is -2.33. The molecule has 3 heterocycles. The molecule has 20 heavy (non-hydrogen) atoms. The van der Waals surface area contributed by atoms with Gasteiger partial charge in [-0.05, 0) is 34.8 Å². The Balaban J connectivity index is 1.91. The zero-order valence-electron chi connectivity index (χ0n) is 10.1. The first kappa shape index (κ1) is 14.5. The molecule has 0 spiro atoms. The normalized spacial score (nSPS) is 19.0. The van der Waals surface area contributed by atoms with E-state index in [0.717, 1.165) is 13.0 Å². The van der Waals surface area contributed by atoms with Crippen LogP contribution in [0.15, 0.2) is 21.1 Å². The molecule has 10 heteroatoms. The lowest BCUT2D eigenvalue weighted by atomic mass is 10.1. The van der Waals surface area contributed by atoms with E-state index in [1.165, 1.54) is 23.7 Å². The number of aryl methyl sites for hydroxylation is 1. The van der Waals surface area contributed by atoms with Gasteiger partial charge in [-0.3, -0.25) is 0 Å². The Morgan fingerprint density at radius 1 is 1.55 bits per heavy atom. The molecule has 0 aromatic carbocycles. The smallest absolute Gasteiger partial charge is 0.243 e. The van der Waals surface area contributed by atoms with E-state index in [-0.39, 0.29) is 15.3 Å². The monoisotopic (exact) mass is 396 g/mol. The molecule has 2 aromatic heterocycles. The first-order chi connectivity index (χ1) is 9.47. The molecule has 0 saturated heterocycles. The van der Waals surface area contributed by atoms with Crippen LogP contribution in [0.3, 0.4) is 0 Å². The first-order valence-corrected chi connectivity index (χ1v) is 9.29. The van der Waals surface area contributed by atoms with Gasteiger partial charge < -0.3 is 0 Å². The quantitative estimate of drug-likeness (QED) is 0.863.